The summed E-state index contributed by atoms with van der Waals surface area (Å²) < 4.78 is 40.0. The fraction of sp³-hybridized carbons (Fsp3) is 0.238. The summed E-state index contributed by atoms with van der Waals surface area (Å²) in [6.07, 6.45) is -1.34. The van der Waals surface area contributed by atoms with E-state index in [9.17, 15) is 23.1 Å². The number of nitrogens with one attached hydrogen (secondary N) is 1. The number of aromatic carboxylic acids is 1. The molecule has 2 N–H and O–H groups in total. The predicted octanol–water partition coefficient (Wildman–Crippen LogP) is 5.30. The SMILES string of the molecule is O=C(O)c1cnc2c(C(F)(F)F)cccc2c1Nc1ccc(N2CCCC2)cc1. The number of carboxylic acid groups (broad SMARTS) is 1. The van der Waals surface area contributed by atoms with Crippen LogP contribution in [0.25, 0.3) is 10.9 Å². The summed E-state index contributed by atoms with van der Waals surface area (Å²) in [6.45, 7) is 1.98. The van der Waals surface area contributed by atoms with Crippen LogP contribution in [-0.2, 0) is 6.18 Å². The molecule has 0 radical (unpaired) electrons. The number of aromatic nitrogens is 1. The zero-order valence-electron chi connectivity index (χ0n) is 15.3. The summed E-state index contributed by atoms with van der Waals surface area (Å²) in [4.78, 5) is 17.7. The molecule has 2 aromatic carbocycles. The third kappa shape index (κ3) is 3.70. The molecular weight excluding hydrogens is 383 g/mol. The van der Waals surface area contributed by atoms with Crippen molar-refractivity contribution in [2.75, 3.05) is 23.3 Å². The molecule has 1 aliphatic heterocycles. The van der Waals surface area contributed by atoms with Gasteiger partial charge in [0, 0.05) is 36.0 Å². The van der Waals surface area contributed by atoms with E-state index in [0.29, 0.717) is 5.69 Å². The van der Waals surface area contributed by atoms with Crippen LogP contribution in [0.4, 0.5) is 30.2 Å². The van der Waals surface area contributed by atoms with Crippen molar-refractivity contribution in [1.82, 2.24) is 4.98 Å². The minimum Gasteiger partial charge on any atom is -0.478 e. The average Bonchev–Trinajstić information content (AvgIpc) is 3.22. The van der Waals surface area contributed by atoms with E-state index in [4.69, 9.17) is 0 Å². The lowest BCUT2D eigenvalue weighted by atomic mass is 10.0. The van der Waals surface area contributed by atoms with Gasteiger partial charge in [0.1, 0.15) is 5.56 Å². The quantitative estimate of drug-likeness (QED) is 0.621. The summed E-state index contributed by atoms with van der Waals surface area (Å²) in [5.74, 6) is -1.27. The fourth-order valence-electron chi connectivity index (χ4n) is 3.62. The maximum Gasteiger partial charge on any atom is 0.418 e. The largest absolute Gasteiger partial charge is 0.478 e. The molecule has 8 heteroatoms. The zero-order valence-corrected chi connectivity index (χ0v) is 15.3. The molecule has 0 aliphatic carbocycles. The molecule has 0 atom stereocenters. The molecule has 0 bridgehead atoms. The van der Waals surface area contributed by atoms with Gasteiger partial charge in [0.05, 0.1) is 16.8 Å². The van der Waals surface area contributed by atoms with Crippen molar-refractivity contribution in [2.45, 2.75) is 19.0 Å². The van der Waals surface area contributed by atoms with Crippen LogP contribution >= 0.6 is 0 Å². The lowest BCUT2D eigenvalue weighted by Gasteiger charge is -2.19. The second kappa shape index (κ2) is 7.27. The smallest absolute Gasteiger partial charge is 0.418 e. The summed E-state index contributed by atoms with van der Waals surface area (Å²) >= 11 is 0. The Morgan fingerprint density at radius 3 is 2.38 bits per heavy atom. The third-order valence-electron chi connectivity index (χ3n) is 5.04. The number of fused-ring (bicyclic) bond motifs is 1. The van der Waals surface area contributed by atoms with Crippen molar-refractivity contribution in [3.05, 3.63) is 59.8 Å². The molecule has 0 amide bonds. The number of rotatable bonds is 4. The lowest BCUT2D eigenvalue weighted by molar-refractivity contribution is -0.136. The van der Waals surface area contributed by atoms with E-state index < -0.39 is 17.7 Å². The standard InChI is InChI=1S/C21H18F3N3O2/c22-21(23,24)17-5-3-4-15-18(16(20(28)29)12-25-19(15)17)26-13-6-8-14(9-7-13)27-10-1-2-11-27/h3-9,12H,1-2,10-11H2,(H,25,26)(H,28,29). The zero-order chi connectivity index (χ0) is 20.6. The molecule has 1 fully saturated rings. The molecule has 2 heterocycles. The number of carboxylic acids is 1. The Morgan fingerprint density at radius 2 is 1.76 bits per heavy atom. The average molecular weight is 401 g/mol. The molecule has 1 aliphatic rings. The van der Waals surface area contributed by atoms with Gasteiger partial charge in [0.15, 0.2) is 0 Å². The molecule has 0 unspecified atom stereocenters. The number of hydrogen-bond donors (Lipinski definition) is 2. The second-order valence-corrected chi connectivity index (χ2v) is 6.92. The summed E-state index contributed by atoms with van der Waals surface area (Å²) in [7, 11) is 0. The highest BCUT2D eigenvalue weighted by molar-refractivity contribution is 6.06. The van der Waals surface area contributed by atoms with Crippen molar-refractivity contribution in [3.8, 4) is 0 Å². The van der Waals surface area contributed by atoms with E-state index >= 15 is 0 Å². The maximum atomic E-state index is 13.3. The van der Waals surface area contributed by atoms with E-state index in [1.165, 1.54) is 12.1 Å². The number of hydrogen-bond acceptors (Lipinski definition) is 4. The predicted molar refractivity (Wildman–Crippen MR) is 105 cm³/mol. The van der Waals surface area contributed by atoms with Gasteiger partial charge in [-0.25, -0.2) is 4.79 Å². The van der Waals surface area contributed by atoms with E-state index in [0.717, 1.165) is 43.9 Å². The van der Waals surface area contributed by atoms with Crippen LogP contribution in [0.2, 0.25) is 0 Å². The van der Waals surface area contributed by atoms with Crippen LogP contribution in [-0.4, -0.2) is 29.1 Å². The maximum absolute atomic E-state index is 13.3. The Bertz CT molecular complexity index is 1060. The number of alkyl halides is 3. The number of anilines is 3. The highest BCUT2D eigenvalue weighted by atomic mass is 19.4. The van der Waals surface area contributed by atoms with Crippen LogP contribution in [0.5, 0.6) is 0 Å². The van der Waals surface area contributed by atoms with Crippen molar-refractivity contribution in [3.63, 3.8) is 0 Å². The normalized spacial score (nSPS) is 14.4. The number of halogens is 3. The molecule has 150 valence electrons. The summed E-state index contributed by atoms with van der Waals surface area (Å²) in [5.41, 5.74) is 0.342. The van der Waals surface area contributed by atoms with Crippen molar-refractivity contribution >= 4 is 33.9 Å². The Kier molecular flexibility index (Phi) is 4.77. The van der Waals surface area contributed by atoms with Gasteiger partial charge in [-0.3, -0.25) is 4.98 Å². The van der Waals surface area contributed by atoms with Crippen LogP contribution in [0.1, 0.15) is 28.8 Å². The highest BCUT2D eigenvalue weighted by Gasteiger charge is 2.34. The van der Waals surface area contributed by atoms with Crippen LogP contribution < -0.4 is 10.2 Å². The Hall–Kier alpha value is -3.29. The molecule has 3 aromatic rings. The van der Waals surface area contributed by atoms with E-state index in [1.807, 2.05) is 12.1 Å². The van der Waals surface area contributed by atoms with E-state index in [1.54, 1.807) is 12.1 Å². The first-order valence-corrected chi connectivity index (χ1v) is 9.19. The number of pyridine rings is 1. The monoisotopic (exact) mass is 401 g/mol. The van der Waals surface area contributed by atoms with Gasteiger partial charge in [-0.15, -0.1) is 0 Å². The molecule has 5 nitrogen and oxygen atoms in total. The first kappa shape index (κ1) is 19.0. The lowest BCUT2D eigenvalue weighted by Crippen LogP contribution is -2.17. The first-order valence-electron chi connectivity index (χ1n) is 9.19. The molecular formula is C21H18F3N3O2. The van der Waals surface area contributed by atoms with Crippen LogP contribution in [0.3, 0.4) is 0 Å². The number of carbonyl (C=O) groups is 1. The molecule has 0 spiro atoms. The number of nitrogens with zero attached hydrogens (tertiary/aromatic N) is 2. The van der Waals surface area contributed by atoms with Crippen molar-refractivity contribution < 1.29 is 23.1 Å². The van der Waals surface area contributed by atoms with Gasteiger partial charge < -0.3 is 15.3 Å². The minimum atomic E-state index is -4.59. The molecule has 29 heavy (non-hydrogen) atoms. The van der Waals surface area contributed by atoms with E-state index in [-0.39, 0.29) is 22.2 Å². The Balaban J connectivity index is 1.77. The van der Waals surface area contributed by atoms with Gasteiger partial charge in [0.25, 0.3) is 0 Å². The molecule has 0 saturated carbocycles. The number of benzene rings is 2. The topological polar surface area (TPSA) is 65.5 Å². The molecule has 4 rings (SSSR count). The third-order valence-corrected chi connectivity index (χ3v) is 5.04. The molecule has 1 aromatic heterocycles. The van der Waals surface area contributed by atoms with Crippen LogP contribution in [0.15, 0.2) is 48.7 Å². The number of para-hydroxylation sites is 1. The van der Waals surface area contributed by atoms with Gasteiger partial charge in [0.2, 0.25) is 0 Å². The van der Waals surface area contributed by atoms with Gasteiger partial charge >= 0.3 is 12.1 Å². The summed E-state index contributed by atoms with van der Waals surface area (Å²) in [5, 5.41) is 12.6. The van der Waals surface area contributed by atoms with Crippen molar-refractivity contribution in [1.29, 1.82) is 0 Å². The van der Waals surface area contributed by atoms with Crippen LogP contribution in [0, 0.1) is 0 Å². The highest BCUT2D eigenvalue weighted by Crippen LogP contribution is 2.38. The van der Waals surface area contributed by atoms with Crippen molar-refractivity contribution in [2.24, 2.45) is 0 Å². The Morgan fingerprint density at radius 1 is 1.07 bits per heavy atom. The second-order valence-electron chi connectivity index (χ2n) is 6.92. The van der Waals surface area contributed by atoms with E-state index in [2.05, 4.69) is 15.2 Å². The Labute approximate surface area is 164 Å². The first-order chi connectivity index (χ1) is 13.8. The molecule has 1 saturated heterocycles. The van der Waals surface area contributed by atoms with Gasteiger partial charge in [-0.05, 0) is 43.2 Å². The fourth-order valence-corrected chi connectivity index (χ4v) is 3.62. The van der Waals surface area contributed by atoms with Gasteiger partial charge in [-0.1, -0.05) is 12.1 Å². The summed E-state index contributed by atoms with van der Waals surface area (Å²) in [6, 6.07) is 11.0. The van der Waals surface area contributed by atoms with Gasteiger partial charge in [-0.2, -0.15) is 13.2 Å². The minimum absolute atomic E-state index is 0.0857.